The summed E-state index contributed by atoms with van der Waals surface area (Å²) >= 11 is 0. The van der Waals surface area contributed by atoms with Crippen LogP contribution in [0.1, 0.15) is 30.4 Å². The summed E-state index contributed by atoms with van der Waals surface area (Å²) in [6, 6.07) is 3.99. The molecule has 8 heteroatoms. The average molecular weight is 387 g/mol. The molecule has 0 aromatic heterocycles. The van der Waals surface area contributed by atoms with E-state index < -0.39 is 11.7 Å². The molecule has 1 saturated heterocycles. The zero-order valence-corrected chi connectivity index (χ0v) is 16.1. The Kier molecular flexibility index (Phi) is 7.77. The number of aliphatic imine (C=N–C) groups is 1. The van der Waals surface area contributed by atoms with E-state index in [0.29, 0.717) is 11.9 Å². The van der Waals surface area contributed by atoms with Gasteiger partial charge in [0.05, 0.1) is 12.7 Å². The number of halogens is 3. The maximum atomic E-state index is 13.3. The van der Waals surface area contributed by atoms with Crippen molar-refractivity contribution >= 4 is 5.96 Å². The lowest BCUT2D eigenvalue weighted by molar-refractivity contribution is -0.138. The summed E-state index contributed by atoms with van der Waals surface area (Å²) in [4.78, 5) is 6.14. The van der Waals surface area contributed by atoms with E-state index in [4.69, 9.17) is 9.47 Å². The van der Waals surface area contributed by atoms with Crippen LogP contribution in [0.25, 0.3) is 0 Å². The lowest BCUT2D eigenvalue weighted by Crippen LogP contribution is -2.40. The van der Waals surface area contributed by atoms with Crippen molar-refractivity contribution in [3.63, 3.8) is 0 Å². The second-order valence-electron chi connectivity index (χ2n) is 6.69. The van der Waals surface area contributed by atoms with Crippen molar-refractivity contribution in [1.29, 1.82) is 0 Å². The van der Waals surface area contributed by atoms with Crippen molar-refractivity contribution in [1.82, 2.24) is 10.2 Å². The molecule has 0 aliphatic carbocycles. The van der Waals surface area contributed by atoms with E-state index in [1.165, 1.54) is 19.2 Å². The molecule has 0 amide bonds. The molecule has 0 radical (unpaired) electrons. The highest BCUT2D eigenvalue weighted by molar-refractivity contribution is 5.79. The van der Waals surface area contributed by atoms with Crippen molar-refractivity contribution in [2.45, 2.75) is 32.0 Å². The smallest absolute Gasteiger partial charge is 0.416 e. The Hall–Kier alpha value is -1.96. The molecule has 152 valence electrons. The largest absolute Gasteiger partial charge is 0.497 e. The van der Waals surface area contributed by atoms with Crippen LogP contribution in [0.2, 0.25) is 0 Å². The molecule has 0 saturated carbocycles. The number of methoxy groups -OCH3 is 1. The zero-order valence-electron chi connectivity index (χ0n) is 16.1. The molecule has 1 heterocycles. The normalized spacial score (nSPS) is 16.3. The van der Waals surface area contributed by atoms with Crippen LogP contribution in [-0.2, 0) is 17.5 Å². The third-order valence-corrected chi connectivity index (χ3v) is 4.85. The second kappa shape index (κ2) is 9.82. The number of nitrogens with zero attached hydrogens (tertiary/aromatic N) is 2. The highest BCUT2D eigenvalue weighted by Crippen LogP contribution is 2.34. The van der Waals surface area contributed by atoms with Crippen LogP contribution in [0.3, 0.4) is 0 Å². The highest BCUT2D eigenvalue weighted by atomic mass is 19.4. The third-order valence-electron chi connectivity index (χ3n) is 4.85. The number of guanidine groups is 1. The average Bonchev–Trinajstić information content (AvgIpc) is 2.67. The molecular formula is C19H28F3N3O2. The molecular weight excluding hydrogens is 359 g/mol. The van der Waals surface area contributed by atoms with Crippen molar-refractivity contribution in [2.75, 3.05) is 41.0 Å². The molecule has 1 aliphatic heterocycles. The zero-order chi connectivity index (χ0) is 19.9. The first-order valence-electron chi connectivity index (χ1n) is 9.08. The van der Waals surface area contributed by atoms with Crippen LogP contribution in [0, 0.1) is 5.92 Å². The number of hydrogen-bond acceptors (Lipinski definition) is 3. The third kappa shape index (κ3) is 6.30. The molecule has 1 aliphatic rings. The first-order valence-corrected chi connectivity index (χ1v) is 9.08. The lowest BCUT2D eigenvalue weighted by Gasteiger charge is -2.27. The van der Waals surface area contributed by atoms with Gasteiger partial charge in [0.1, 0.15) is 5.75 Å². The predicted molar refractivity (Wildman–Crippen MR) is 99.0 cm³/mol. The maximum Gasteiger partial charge on any atom is 0.416 e. The number of benzene rings is 1. The Labute approximate surface area is 158 Å². The minimum Gasteiger partial charge on any atom is -0.497 e. The minimum absolute atomic E-state index is 0.0348. The maximum absolute atomic E-state index is 13.3. The number of hydrogen-bond donors (Lipinski definition) is 1. The molecule has 1 aromatic rings. The van der Waals surface area contributed by atoms with E-state index in [0.717, 1.165) is 45.1 Å². The topological polar surface area (TPSA) is 46.1 Å². The van der Waals surface area contributed by atoms with Crippen LogP contribution in [0.5, 0.6) is 5.75 Å². The Morgan fingerprint density at radius 1 is 1.33 bits per heavy atom. The first kappa shape index (κ1) is 21.3. The fourth-order valence-electron chi connectivity index (χ4n) is 3.18. The van der Waals surface area contributed by atoms with Gasteiger partial charge in [-0.3, -0.25) is 4.99 Å². The first-order chi connectivity index (χ1) is 12.8. The summed E-state index contributed by atoms with van der Waals surface area (Å²) in [5, 5.41) is 3.03. The quantitative estimate of drug-likeness (QED) is 0.599. The van der Waals surface area contributed by atoms with Gasteiger partial charge < -0.3 is 19.7 Å². The van der Waals surface area contributed by atoms with Gasteiger partial charge >= 0.3 is 6.18 Å². The van der Waals surface area contributed by atoms with Crippen molar-refractivity contribution < 1.29 is 22.6 Å². The Morgan fingerprint density at radius 2 is 2.04 bits per heavy atom. The fraction of sp³-hybridized carbons (Fsp3) is 0.632. The van der Waals surface area contributed by atoms with Crippen molar-refractivity contribution in [2.24, 2.45) is 10.9 Å². The molecule has 0 bridgehead atoms. The molecule has 1 N–H and O–H groups in total. The van der Waals surface area contributed by atoms with E-state index in [9.17, 15) is 13.2 Å². The summed E-state index contributed by atoms with van der Waals surface area (Å²) < 4.78 is 50.3. The van der Waals surface area contributed by atoms with E-state index in [1.807, 2.05) is 11.9 Å². The molecule has 27 heavy (non-hydrogen) atoms. The standard InChI is InChI=1S/C19H28F3N3O2/c1-23-18(25(2)9-6-14-7-10-27-11-8-14)24-13-15-4-5-16(26-3)12-17(15)19(20,21)22/h4-5,12,14H,6-11,13H2,1-3H3,(H,23,24). The van der Waals surface area contributed by atoms with Gasteiger partial charge in [0.15, 0.2) is 5.96 Å². The van der Waals surface area contributed by atoms with Gasteiger partial charge in [-0.1, -0.05) is 6.07 Å². The van der Waals surface area contributed by atoms with E-state index in [-0.39, 0.29) is 17.9 Å². The number of alkyl halides is 3. The van der Waals surface area contributed by atoms with E-state index >= 15 is 0 Å². The van der Waals surface area contributed by atoms with Gasteiger partial charge in [-0.25, -0.2) is 0 Å². The van der Waals surface area contributed by atoms with Crippen LogP contribution < -0.4 is 10.1 Å². The Bertz CT molecular complexity index is 629. The van der Waals surface area contributed by atoms with Gasteiger partial charge in [-0.05, 0) is 42.9 Å². The fourth-order valence-corrected chi connectivity index (χ4v) is 3.18. The van der Waals surface area contributed by atoms with E-state index in [2.05, 4.69) is 10.3 Å². The van der Waals surface area contributed by atoms with Crippen LogP contribution in [0.15, 0.2) is 23.2 Å². The van der Waals surface area contributed by atoms with Crippen LogP contribution in [0.4, 0.5) is 13.2 Å². The molecule has 5 nitrogen and oxygen atoms in total. The summed E-state index contributed by atoms with van der Waals surface area (Å²) in [5.74, 6) is 1.38. The van der Waals surface area contributed by atoms with Crippen molar-refractivity contribution in [3.8, 4) is 5.75 Å². The van der Waals surface area contributed by atoms with E-state index in [1.54, 1.807) is 7.05 Å². The minimum atomic E-state index is -4.44. The second-order valence-corrected chi connectivity index (χ2v) is 6.69. The summed E-state index contributed by atoms with van der Waals surface area (Å²) in [7, 11) is 4.88. The van der Waals surface area contributed by atoms with Gasteiger partial charge in [0, 0.05) is 40.4 Å². The summed E-state index contributed by atoms with van der Waals surface area (Å²) in [5.41, 5.74) is -0.544. The molecule has 1 aromatic carbocycles. The summed E-state index contributed by atoms with van der Waals surface area (Å²) in [6.07, 6.45) is -1.32. The number of nitrogens with one attached hydrogen (secondary N) is 1. The monoisotopic (exact) mass is 387 g/mol. The van der Waals surface area contributed by atoms with Crippen LogP contribution >= 0.6 is 0 Å². The van der Waals surface area contributed by atoms with Gasteiger partial charge in [0.25, 0.3) is 0 Å². The van der Waals surface area contributed by atoms with Crippen LogP contribution in [-0.4, -0.2) is 51.8 Å². The van der Waals surface area contributed by atoms with Crippen molar-refractivity contribution in [3.05, 3.63) is 29.3 Å². The Morgan fingerprint density at radius 3 is 2.63 bits per heavy atom. The summed E-state index contributed by atoms with van der Waals surface area (Å²) in [6.45, 7) is 2.43. The van der Waals surface area contributed by atoms with Gasteiger partial charge in [-0.15, -0.1) is 0 Å². The molecule has 1 fully saturated rings. The number of rotatable bonds is 6. The highest BCUT2D eigenvalue weighted by Gasteiger charge is 2.33. The molecule has 0 unspecified atom stereocenters. The molecule has 0 atom stereocenters. The molecule has 2 rings (SSSR count). The number of ether oxygens (including phenoxy) is 2. The van der Waals surface area contributed by atoms with Gasteiger partial charge in [0.2, 0.25) is 0 Å². The Balaban J connectivity index is 1.96. The predicted octanol–water partition coefficient (Wildman–Crippen LogP) is 3.54. The SMILES string of the molecule is CN=C(NCc1ccc(OC)cc1C(F)(F)F)N(C)CCC1CCOCC1. The lowest BCUT2D eigenvalue weighted by atomic mass is 9.96. The molecule has 0 spiro atoms. The van der Waals surface area contributed by atoms with Gasteiger partial charge in [-0.2, -0.15) is 13.2 Å².